The number of hydrogen-bond donors (Lipinski definition) is 0. The fraction of sp³-hybridized carbons (Fsp3) is 0.316. The third-order valence-corrected chi connectivity index (χ3v) is 5.08. The fourth-order valence-corrected chi connectivity index (χ4v) is 3.56. The summed E-state index contributed by atoms with van der Waals surface area (Å²) in [5.74, 6) is 0.701. The predicted molar refractivity (Wildman–Crippen MR) is 101 cm³/mol. The van der Waals surface area contributed by atoms with Crippen LogP contribution in [0, 0.1) is 0 Å². The van der Waals surface area contributed by atoms with E-state index < -0.39 is 0 Å². The molecule has 1 saturated heterocycles. The molecule has 2 heterocycles. The largest absolute Gasteiger partial charge is 0.490 e. The minimum atomic E-state index is -0.0882. The Bertz CT molecular complexity index is 810. The highest BCUT2D eigenvalue weighted by atomic mass is 32.1. The summed E-state index contributed by atoms with van der Waals surface area (Å²) < 4.78 is 5.55. The van der Waals surface area contributed by atoms with E-state index in [2.05, 4.69) is 11.6 Å². The average molecular weight is 371 g/mol. The molecule has 1 aliphatic rings. The van der Waals surface area contributed by atoms with Gasteiger partial charge in [0.2, 0.25) is 5.91 Å². The molecule has 26 heavy (non-hydrogen) atoms. The molecule has 7 heteroatoms. The SMILES string of the molecule is C=CCOc1cccc(-c2nc(C(=O)N3CCN(C(C)=O)CC3)cs2)c1. The Hall–Kier alpha value is -2.67. The van der Waals surface area contributed by atoms with Crippen molar-refractivity contribution in [2.75, 3.05) is 32.8 Å². The summed E-state index contributed by atoms with van der Waals surface area (Å²) in [6.07, 6.45) is 1.69. The van der Waals surface area contributed by atoms with Gasteiger partial charge in [-0.05, 0) is 12.1 Å². The van der Waals surface area contributed by atoms with Crippen molar-refractivity contribution in [2.45, 2.75) is 6.92 Å². The molecule has 136 valence electrons. The van der Waals surface area contributed by atoms with E-state index in [0.717, 1.165) is 16.3 Å². The van der Waals surface area contributed by atoms with E-state index in [4.69, 9.17) is 4.74 Å². The van der Waals surface area contributed by atoms with Crippen molar-refractivity contribution in [1.29, 1.82) is 0 Å². The summed E-state index contributed by atoms with van der Waals surface area (Å²) in [5.41, 5.74) is 1.36. The molecule has 0 aliphatic carbocycles. The van der Waals surface area contributed by atoms with Gasteiger partial charge in [-0.3, -0.25) is 9.59 Å². The van der Waals surface area contributed by atoms with Crippen LogP contribution in [0.25, 0.3) is 10.6 Å². The first-order valence-electron chi connectivity index (χ1n) is 8.43. The molecule has 6 nitrogen and oxygen atoms in total. The highest BCUT2D eigenvalue weighted by molar-refractivity contribution is 7.13. The molecule has 2 amide bonds. The zero-order valence-electron chi connectivity index (χ0n) is 14.7. The maximum absolute atomic E-state index is 12.7. The van der Waals surface area contributed by atoms with Crippen molar-refractivity contribution >= 4 is 23.2 Å². The summed E-state index contributed by atoms with van der Waals surface area (Å²) in [6, 6.07) is 7.63. The van der Waals surface area contributed by atoms with Crippen LogP contribution in [-0.4, -0.2) is 59.4 Å². The first kappa shape index (κ1) is 18.1. The van der Waals surface area contributed by atoms with Crippen LogP contribution in [0.1, 0.15) is 17.4 Å². The first-order valence-corrected chi connectivity index (χ1v) is 9.31. The predicted octanol–water partition coefficient (Wildman–Crippen LogP) is 2.68. The molecule has 1 aliphatic heterocycles. The Labute approximate surface area is 156 Å². The van der Waals surface area contributed by atoms with E-state index in [1.165, 1.54) is 11.3 Å². The summed E-state index contributed by atoms with van der Waals surface area (Å²) in [5, 5.41) is 2.56. The van der Waals surface area contributed by atoms with Gasteiger partial charge in [0.05, 0.1) is 0 Å². The summed E-state index contributed by atoms with van der Waals surface area (Å²) in [4.78, 5) is 32.1. The van der Waals surface area contributed by atoms with E-state index in [1.54, 1.807) is 28.2 Å². The summed E-state index contributed by atoms with van der Waals surface area (Å²) in [7, 11) is 0. The van der Waals surface area contributed by atoms with Gasteiger partial charge < -0.3 is 14.5 Å². The second-order valence-corrected chi connectivity index (χ2v) is 6.82. The fourth-order valence-electron chi connectivity index (χ4n) is 2.77. The van der Waals surface area contributed by atoms with Crippen LogP contribution in [0.3, 0.4) is 0 Å². The van der Waals surface area contributed by atoms with E-state index in [-0.39, 0.29) is 11.8 Å². The second-order valence-electron chi connectivity index (χ2n) is 5.96. The Morgan fingerprint density at radius 3 is 2.69 bits per heavy atom. The van der Waals surface area contributed by atoms with Crippen molar-refractivity contribution in [2.24, 2.45) is 0 Å². The normalized spacial score (nSPS) is 14.2. The lowest BCUT2D eigenvalue weighted by molar-refractivity contribution is -0.130. The molecule has 1 aromatic heterocycles. The highest BCUT2D eigenvalue weighted by Crippen LogP contribution is 2.27. The molecule has 0 radical (unpaired) electrons. The minimum absolute atomic E-state index is 0.0478. The lowest BCUT2D eigenvalue weighted by Crippen LogP contribution is -2.50. The van der Waals surface area contributed by atoms with Gasteiger partial charge in [0.25, 0.3) is 5.91 Å². The number of aromatic nitrogens is 1. The first-order chi connectivity index (χ1) is 12.6. The van der Waals surface area contributed by atoms with Gasteiger partial charge in [-0.2, -0.15) is 0 Å². The van der Waals surface area contributed by atoms with Crippen LogP contribution in [0.15, 0.2) is 42.3 Å². The van der Waals surface area contributed by atoms with Crippen LogP contribution in [0.2, 0.25) is 0 Å². The van der Waals surface area contributed by atoms with Gasteiger partial charge in [0.1, 0.15) is 23.1 Å². The molecule has 1 fully saturated rings. The highest BCUT2D eigenvalue weighted by Gasteiger charge is 2.24. The number of amides is 2. The molecule has 1 aromatic carbocycles. The number of piperazine rings is 1. The number of ether oxygens (including phenoxy) is 1. The summed E-state index contributed by atoms with van der Waals surface area (Å²) >= 11 is 1.43. The van der Waals surface area contributed by atoms with E-state index >= 15 is 0 Å². The monoisotopic (exact) mass is 371 g/mol. The number of hydrogen-bond acceptors (Lipinski definition) is 5. The van der Waals surface area contributed by atoms with Gasteiger partial charge >= 0.3 is 0 Å². The lowest BCUT2D eigenvalue weighted by atomic mass is 10.2. The van der Waals surface area contributed by atoms with Crippen molar-refractivity contribution in [3.63, 3.8) is 0 Å². The standard InChI is InChI=1S/C19H21N3O3S/c1-3-11-25-16-6-4-5-15(12-16)18-20-17(13-26-18)19(24)22-9-7-21(8-10-22)14(2)23/h3-6,12-13H,1,7-11H2,2H3. The molecular formula is C19H21N3O3S. The van der Waals surface area contributed by atoms with Crippen LogP contribution < -0.4 is 4.74 Å². The Morgan fingerprint density at radius 2 is 2.00 bits per heavy atom. The van der Waals surface area contributed by atoms with Crippen LogP contribution >= 0.6 is 11.3 Å². The van der Waals surface area contributed by atoms with Crippen LogP contribution in [-0.2, 0) is 4.79 Å². The quantitative estimate of drug-likeness (QED) is 0.758. The van der Waals surface area contributed by atoms with Gasteiger partial charge in [-0.25, -0.2) is 4.98 Å². The van der Waals surface area contributed by atoms with Crippen molar-refractivity contribution in [3.8, 4) is 16.3 Å². The molecule has 0 unspecified atom stereocenters. The van der Waals surface area contributed by atoms with Crippen LogP contribution in [0.4, 0.5) is 0 Å². The smallest absolute Gasteiger partial charge is 0.273 e. The van der Waals surface area contributed by atoms with Crippen molar-refractivity contribution < 1.29 is 14.3 Å². The number of carbonyl (C=O) groups excluding carboxylic acids is 2. The van der Waals surface area contributed by atoms with Crippen molar-refractivity contribution in [1.82, 2.24) is 14.8 Å². The summed E-state index contributed by atoms with van der Waals surface area (Å²) in [6.45, 7) is 7.85. The zero-order valence-corrected chi connectivity index (χ0v) is 15.5. The van der Waals surface area contributed by atoms with Gasteiger partial charge in [0.15, 0.2) is 0 Å². The number of nitrogens with zero attached hydrogens (tertiary/aromatic N) is 3. The van der Waals surface area contributed by atoms with Crippen LogP contribution in [0.5, 0.6) is 5.75 Å². The maximum Gasteiger partial charge on any atom is 0.273 e. The molecule has 0 N–H and O–H groups in total. The molecule has 0 saturated carbocycles. The average Bonchev–Trinajstić information content (AvgIpc) is 3.16. The lowest BCUT2D eigenvalue weighted by Gasteiger charge is -2.33. The second kappa shape index (κ2) is 8.14. The van der Waals surface area contributed by atoms with Gasteiger partial charge in [-0.15, -0.1) is 11.3 Å². The molecule has 2 aromatic rings. The topological polar surface area (TPSA) is 62.7 Å². The molecule has 0 spiro atoms. The molecule has 0 atom stereocenters. The third-order valence-electron chi connectivity index (χ3n) is 4.18. The molecule has 3 rings (SSSR count). The van der Waals surface area contributed by atoms with E-state index in [9.17, 15) is 9.59 Å². The minimum Gasteiger partial charge on any atom is -0.490 e. The number of benzene rings is 1. The van der Waals surface area contributed by atoms with E-state index in [0.29, 0.717) is 38.5 Å². The number of thiazole rings is 1. The Kier molecular flexibility index (Phi) is 5.68. The number of carbonyl (C=O) groups is 2. The number of rotatable bonds is 5. The zero-order chi connectivity index (χ0) is 18.5. The third kappa shape index (κ3) is 4.11. The van der Waals surface area contributed by atoms with Crippen molar-refractivity contribution in [3.05, 3.63) is 48.0 Å². The van der Waals surface area contributed by atoms with E-state index in [1.807, 2.05) is 24.3 Å². The Morgan fingerprint density at radius 1 is 1.27 bits per heavy atom. The Balaban J connectivity index is 1.69. The van der Waals surface area contributed by atoms with Gasteiger partial charge in [0, 0.05) is 44.0 Å². The van der Waals surface area contributed by atoms with Gasteiger partial charge in [-0.1, -0.05) is 24.8 Å². The maximum atomic E-state index is 12.7. The molecule has 0 bridgehead atoms. The molecular weight excluding hydrogens is 350 g/mol.